The van der Waals surface area contributed by atoms with E-state index in [1.54, 1.807) is 22.8 Å². The van der Waals surface area contributed by atoms with E-state index in [1.807, 2.05) is 37.5 Å². The lowest BCUT2D eigenvalue weighted by Crippen LogP contribution is -2.36. The second-order valence-electron chi connectivity index (χ2n) is 4.63. The molecule has 2 amide bonds. The maximum atomic E-state index is 12.0. The minimum atomic E-state index is -0.145. The summed E-state index contributed by atoms with van der Waals surface area (Å²) < 4.78 is 1.71. The molecule has 6 heteroatoms. The van der Waals surface area contributed by atoms with E-state index in [1.165, 1.54) is 0 Å². The number of halogens is 1. The monoisotopic (exact) mass is 292 g/mol. The van der Waals surface area contributed by atoms with Gasteiger partial charge in [-0.15, -0.1) is 0 Å². The first-order valence-electron chi connectivity index (χ1n) is 6.26. The number of rotatable bonds is 4. The summed E-state index contributed by atoms with van der Waals surface area (Å²) in [6.07, 6.45) is 3.63. The largest absolute Gasteiger partial charge is 0.334 e. The molecule has 2 aromatic rings. The molecule has 0 atom stereocenters. The van der Waals surface area contributed by atoms with Crippen molar-refractivity contribution in [1.29, 1.82) is 0 Å². The van der Waals surface area contributed by atoms with Gasteiger partial charge in [-0.25, -0.2) is 4.79 Å². The van der Waals surface area contributed by atoms with E-state index in [-0.39, 0.29) is 6.03 Å². The molecule has 0 saturated heterocycles. The zero-order valence-corrected chi connectivity index (χ0v) is 12.3. The van der Waals surface area contributed by atoms with Crippen LogP contribution in [0.5, 0.6) is 0 Å². The molecular weight excluding hydrogens is 276 g/mol. The lowest BCUT2D eigenvalue weighted by molar-refractivity contribution is 0.206. The van der Waals surface area contributed by atoms with E-state index >= 15 is 0 Å². The summed E-state index contributed by atoms with van der Waals surface area (Å²) in [5.41, 5.74) is 1.89. The molecular formula is C14H17ClN4O. The van der Waals surface area contributed by atoms with Gasteiger partial charge in [0.1, 0.15) is 0 Å². The quantitative estimate of drug-likeness (QED) is 0.941. The van der Waals surface area contributed by atoms with Crippen LogP contribution in [0.25, 0.3) is 0 Å². The Kier molecular flexibility index (Phi) is 4.63. The topological polar surface area (TPSA) is 50.2 Å². The van der Waals surface area contributed by atoms with E-state index in [0.717, 1.165) is 11.1 Å². The highest BCUT2D eigenvalue weighted by Gasteiger charge is 2.10. The van der Waals surface area contributed by atoms with Crippen LogP contribution in [0, 0.1) is 0 Å². The van der Waals surface area contributed by atoms with Gasteiger partial charge in [0, 0.05) is 37.4 Å². The lowest BCUT2D eigenvalue weighted by Gasteiger charge is -2.17. The van der Waals surface area contributed by atoms with Crippen LogP contribution in [-0.4, -0.2) is 27.8 Å². The predicted octanol–water partition coefficient (Wildman–Crippen LogP) is 2.42. The maximum absolute atomic E-state index is 12.0. The fourth-order valence-electron chi connectivity index (χ4n) is 1.85. The fraction of sp³-hybridized carbons (Fsp3) is 0.286. The molecule has 0 aliphatic carbocycles. The minimum absolute atomic E-state index is 0.145. The number of benzene rings is 1. The van der Waals surface area contributed by atoms with Crippen molar-refractivity contribution in [2.45, 2.75) is 13.1 Å². The van der Waals surface area contributed by atoms with Gasteiger partial charge < -0.3 is 10.2 Å². The Hall–Kier alpha value is -2.01. The Balaban J connectivity index is 1.87. The maximum Gasteiger partial charge on any atom is 0.317 e. The summed E-state index contributed by atoms with van der Waals surface area (Å²) in [5, 5.41) is 7.57. The Bertz CT molecular complexity index is 596. The number of urea groups is 1. The molecule has 20 heavy (non-hydrogen) atoms. The summed E-state index contributed by atoms with van der Waals surface area (Å²) in [5.74, 6) is 0. The molecule has 0 aliphatic rings. The third-order valence-corrected chi connectivity index (χ3v) is 3.28. The molecule has 2 rings (SSSR count). The van der Waals surface area contributed by atoms with Crippen LogP contribution in [-0.2, 0) is 20.1 Å². The van der Waals surface area contributed by atoms with E-state index in [0.29, 0.717) is 18.1 Å². The molecule has 106 valence electrons. The van der Waals surface area contributed by atoms with Gasteiger partial charge in [-0.1, -0.05) is 29.8 Å². The first-order chi connectivity index (χ1) is 9.56. The Labute approximate surface area is 123 Å². The standard InChI is InChI=1S/C14H17ClN4O/c1-18(9-11-7-17-19(2)10-11)14(20)16-8-12-5-3-4-6-13(12)15/h3-7,10H,8-9H2,1-2H3,(H,16,20). The summed E-state index contributed by atoms with van der Waals surface area (Å²) in [7, 11) is 3.59. The van der Waals surface area contributed by atoms with Crippen LogP contribution in [0.1, 0.15) is 11.1 Å². The molecule has 0 aliphatic heterocycles. The van der Waals surface area contributed by atoms with Crippen LogP contribution < -0.4 is 5.32 Å². The molecule has 1 aromatic heterocycles. The van der Waals surface area contributed by atoms with Gasteiger partial charge in [-0.3, -0.25) is 4.68 Å². The number of carbonyl (C=O) groups excluding carboxylic acids is 1. The van der Waals surface area contributed by atoms with Crippen molar-refractivity contribution >= 4 is 17.6 Å². The van der Waals surface area contributed by atoms with Crippen LogP contribution in [0.4, 0.5) is 4.79 Å². The number of aromatic nitrogens is 2. The lowest BCUT2D eigenvalue weighted by atomic mass is 10.2. The van der Waals surface area contributed by atoms with Crippen LogP contribution in [0.2, 0.25) is 5.02 Å². The van der Waals surface area contributed by atoms with Crippen molar-refractivity contribution in [3.8, 4) is 0 Å². The van der Waals surface area contributed by atoms with E-state index in [9.17, 15) is 4.79 Å². The average molecular weight is 293 g/mol. The van der Waals surface area contributed by atoms with Crippen molar-refractivity contribution < 1.29 is 4.79 Å². The van der Waals surface area contributed by atoms with Gasteiger partial charge in [0.2, 0.25) is 0 Å². The Morgan fingerprint density at radius 1 is 1.45 bits per heavy atom. The Morgan fingerprint density at radius 2 is 2.20 bits per heavy atom. The summed E-state index contributed by atoms with van der Waals surface area (Å²) in [4.78, 5) is 13.6. The molecule has 0 fully saturated rings. The number of hydrogen-bond donors (Lipinski definition) is 1. The first kappa shape index (κ1) is 14.4. The predicted molar refractivity (Wildman–Crippen MR) is 78.4 cm³/mol. The van der Waals surface area contributed by atoms with Gasteiger partial charge in [0.05, 0.1) is 12.7 Å². The smallest absolute Gasteiger partial charge is 0.317 e. The van der Waals surface area contributed by atoms with Gasteiger partial charge in [-0.2, -0.15) is 5.10 Å². The number of amides is 2. The first-order valence-corrected chi connectivity index (χ1v) is 6.64. The van der Waals surface area contributed by atoms with Crippen LogP contribution >= 0.6 is 11.6 Å². The second kappa shape index (κ2) is 6.43. The van der Waals surface area contributed by atoms with E-state index in [2.05, 4.69) is 10.4 Å². The summed E-state index contributed by atoms with van der Waals surface area (Å²) >= 11 is 6.04. The second-order valence-corrected chi connectivity index (χ2v) is 5.04. The highest BCUT2D eigenvalue weighted by Crippen LogP contribution is 2.14. The van der Waals surface area contributed by atoms with Crippen molar-refractivity contribution in [2.75, 3.05) is 7.05 Å². The summed E-state index contributed by atoms with van der Waals surface area (Å²) in [6, 6.07) is 7.31. The van der Waals surface area contributed by atoms with Crippen LogP contribution in [0.3, 0.4) is 0 Å². The number of aryl methyl sites for hydroxylation is 1. The van der Waals surface area contributed by atoms with E-state index in [4.69, 9.17) is 11.6 Å². The van der Waals surface area contributed by atoms with Gasteiger partial charge in [-0.05, 0) is 11.6 Å². The number of nitrogens with one attached hydrogen (secondary N) is 1. The molecule has 1 aromatic carbocycles. The zero-order chi connectivity index (χ0) is 14.5. The molecule has 5 nitrogen and oxygen atoms in total. The molecule has 1 heterocycles. The normalized spacial score (nSPS) is 10.3. The molecule has 0 saturated carbocycles. The van der Waals surface area contributed by atoms with Gasteiger partial charge in [0.25, 0.3) is 0 Å². The van der Waals surface area contributed by atoms with Crippen LogP contribution in [0.15, 0.2) is 36.7 Å². The van der Waals surface area contributed by atoms with Crippen molar-refractivity contribution in [1.82, 2.24) is 20.0 Å². The van der Waals surface area contributed by atoms with Crippen molar-refractivity contribution in [3.05, 3.63) is 52.8 Å². The number of hydrogen-bond acceptors (Lipinski definition) is 2. The third-order valence-electron chi connectivity index (χ3n) is 2.91. The molecule has 0 bridgehead atoms. The SMILES string of the molecule is CN(Cc1cnn(C)c1)C(=O)NCc1ccccc1Cl. The highest BCUT2D eigenvalue weighted by atomic mass is 35.5. The van der Waals surface area contributed by atoms with E-state index < -0.39 is 0 Å². The van der Waals surface area contributed by atoms with Gasteiger partial charge in [0.15, 0.2) is 0 Å². The van der Waals surface area contributed by atoms with Gasteiger partial charge >= 0.3 is 6.03 Å². The molecule has 0 spiro atoms. The van der Waals surface area contributed by atoms with Crippen molar-refractivity contribution in [2.24, 2.45) is 7.05 Å². The third kappa shape index (κ3) is 3.74. The molecule has 0 unspecified atom stereocenters. The fourth-order valence-corrected chi connectivity index (χ4v) is 2.05. The molecule has 0 radical (unpaired) electrons. The van der Waals surface area contributed by atoms with Crippen molar-refractivity contribution in [3.63, 3.8) is 0 Å². The Morgan fingerprint density at radius 3 is 2.85 bits per heavy atom. The number of nitrogens with zero attached hydrogens (tertiary/aromatic N) is 3. The highest BCUT2D eigenvalue weighted by molar-refractivity contribution is 6.31. The number of carbonyl (C=O) groups is 1. The average Bonchev–Trinajstić information content (AvgIpc) is 2.82. The summed E-state index contributed by atoms with van der Waals surface area (Å²) in [6.45, 7) is 0.929. The zero-order valence-electron chi connectivity index (χ0n) is 11.5. The minimum Gasteiger partial charge on any atom is -0.334 e. The molecule has 1 N–H and O–H groups in total.